The summed E-state index contributed by atoms with van der Waals surface area (Å²) >= 11 is 5.40. The highest BCUT2D eigenvalue weighted by atomic mass is 32.1. The van der Waals surface area contributed by atoms with E-state index in [1.54, 1.807) is 26.4 Å². The lowest BCUT2D eigenvalue weighted by Crippen LogP contribution is -2.35. The Hall–Kier alpha value is -2.01. The average molecular weight is 292 g/mol. The molecule has 0 radical (unpaired) electrons. The van der Waals surface area contributed by atoms with Gasteiger partial charge >= 0.3 is 0 Å². The number of rotatable bonds is 7. The Bertz CT molecular complexity index is 479. The standard InChI is InChI=1S/C15H20N2O2S/c1-5-9-17(10-6-2)15(20)16-13-11-12(18-3)7-8-14(13)19-4/h5-8,11H,1-2,9-10H2,3-4H3,(H,16,20). The molecule has 0 saturated carbocycles. The summed E-state index contributed by atoms with van der Waals surface area (Å²) in [5.41, 5.74) is 0.759. The fraction of sp³-hybridized carbons (Fsp3) is 0.267. The van der Waals surface area contributed by atoms with Gasteiger partial charge in [-0.3, -0.25) is 0 Å². The van der Waals surface area contributed by atoms with Crippen molar-refractivity contribution in [3.8, 4) is 11.5 Å². The second-order valence-electron chi connectivity index (χ2n) is 3.98. The largest absolute Gasteiger partial charge is 0.497 e. The van der Waals surface area contributed by atoms with Gasteiger partial charge in [-0.1, -0.05) is 12.2 Å². The topological polar surface area (TPSA) is 33.7 Å². The van der Waals surface area contributed by atoms with Crippen molar-refractivity contribution in [2.45, 2.75) is 0 Å². The number of thiocarbonyl (C=S) groups is 1. The third kappa shape index (κ3) is 4.28. The van der Waals surface area contributed by atoms with Gasteiger partial charge in [0.2, 0.25) is 0 Å². The molecule has 5 heteroatoms. The van der Waals surface area contributed by atoms with Gasteiger partial charge in [0.1, 0.15) is 11.5 Å². The first-order valence-electron chi connectivity index (χ1n) is 6.16. The Kier molecular flexibility index (Phi) is 6.59. The first-order valence-corrected chi connectivity index (χ1v) is 6.56. The van der Waals surface area contributed by atoms with E-state index < -0.39 is 0 Å². The van der Waals surface area contributed by atoms with Crippen molar-refractivity contribution in [2.75, 3.05) is 32.6 Å². The summed E-state index contributed by atoms with van der Waals surface area (Å²) in [4.78, 5) is 1.94. The van der Waals surface area contributed by atoms with Crippen LogP contribution < -0.4 is 14.8 Å². The summed E-state index contributed by atoms with van der Waals surface area (Å²) in [5.74, 6) is 1.43. The van der Waals surface area contributed by atoms with Gasteiger partial charge in [0.05, 0.1) is 19.9 Å². The number of hydrogen-bond acceptors (Lipinski definition) is 3. The molecule has 0 atom stereocenters. The lowest BCUT2D eigenvalue weighted by molar-refractivity contribution is 0.404. The Morgan fingerprint density at radius 2 is 1.90 bits per heavy atom. The number of benzene rings is 1. The molecule has 0 spiro atoms. The van der Waals surface area contributed by atoms with Crippen molar-refractivity contribution in [1.29, 1.82) is 0 Å². The van der Waals surface area contributed by atoms with E-state index in [0.29, 0.717) is 24.0 Å². The van der Waals surface area contributed by atoms with Crippen LogP contribution in [0.5, 0.6) is 11.5 Å². The van der Waals surface area contributed by atoms with Gasteiger partial charge in [-0.15, -0.1) is 13.2 Å². The van der Waals surface area contributed by atoms with Crippen molar-refractivity contribution in [2.24, 2.45) is 0 Å². The molecule has 0 bridgehead atoms. The van der Waals surface area contributed by atoms with Gasteiger partial charge < -0.3 is 19.7 Å². The zero-order chi connectivity index (χ0) is 15.0. The number of nitrogens with zero attached hydrogens (tertiary/aromatic N) is 1. The minimum Gasteiger partial charge on any atom is -0.497 e. The first-order chi connectivity index (χ1) is 9.65. The number of hydrogen-bond donors (Lipinski definition) is 1. The average Bonchev–Trinajstić information content (AvgIpc) is 2.46. The molecule has 108 valence electrons. The summed E-state index contributed by atoms with van der Waals surface area (Å²) in [7, 11) is 3.23. The summed E-state index contributed by atoms with van der Waals surface area (Å²) in [5, 5.41) is 3.74. The predicted octanol–water partition coefficient (Wildman–Crippen LogP) is 3.07. The lowest BCUT2D eigenvalue weighted by atomic mass is 10.2. The number of methoxy groups -OCH3 is 2. The summed E-state index contributed by atoms with van der Waals surface area (Å²) < 4.78 is 10.5. The second-order valence-corrected chi connectivity index (χ2v) is 4.37. The molecule has 1 aromatic rings. The highest BCUT2D eigenvalue weighted by Gasteiger charge is 2.10. The van der Waals surface area contributed by atoms with Gasteiger partial charge in [-0.2, -0.15) is 0 Å². The monoisotopic (exact) mass is 292 g/mol. The Balaban J connectivity index is 2.91. The van der Waals surface area contributed by atoms with E-state index in [9.17, 15) is 0 Å². The molecule has 0 aromatic heterocycles. The van der Waals surface area contributed by atoms with Crippen LogP contribution in [0.2, 0.25) is 0 Å². The Labute approximate surface area is 125 Å². The third-order valence-corrected chi connectivity index (χ3v) is 2.99. The van der Waals surface area contributed by atoms with E-state index in [-0.39, 0.29) is 0 Å². The third-order valence-electron chi connectivity index (χ3n) is 2.63. The number of nitrogens with one attached hydrogen (secondary N) is 1. The van der Waals surface area contributed by atoms with Crippen LogP contribution >= 0.6 is 12.2 Å². The van der Waals surface area contributed by atoms with Crippen LogP contribution in [0.1, 0.15) is 0 Å². The molecule has 0 aliphatic heterocycles. The van der Waals surface area contributed by atoms with Crippen LogP contribution in [0.15, 0.2) is 43.5 Å². The highest BCUT2D eigenvalue weighted by molar-refractivity contribution is 7.80. The maximum atomic E-state index is 5.40. The highest BCUT2D eigenvalue weighted by Crippen LogP contribution is 2.29. The van der Waals surface area contributed by atoms with Crippen molar-refractivity contribution >= 4 is 23.0 Å². The fourth-order valence-electron chi connectivity index (χ4n) is 1.66. The van der Waals surface area contributed by atoms with Crippen LogP contribution in [0.4, 0.5) is 5.69 Å². The quantitative estimate of drug-likeness (QED) is 0.617. The molecule has 0 amide bonds. The first kappa shape index (κ1) is 16.0. The molecule has 0 unspecified atom stereocenters. The van der Waals surface area contributed by atoms with Crippen molar-refractivity contribution in [1.82, 2.24) is 4.90 Å². The van der Waals surface area contributed by atoms with E-state index in [1.165, 1.54) is 0 Å². The summed E-state index contributed by atoms with van der Waals surface area (Å²) in [6.45, 7) is 8.74. The molecule has 1 N–H and O–H groups in total. The minimum absolute atomic E-state index is 0.580. The summed E-state index contributed by atoms with van der Waals surface area (Å²) in [6, 6.07) is 5.50. The van der Waals surface area contributed by atoms with Gasteiger partial charge in [-0.05, 0) is 24.4 Å². The summed E-state index contributed by atoms with van der Waals surface area (Å²) in [6.07, 6.45) is 3.58. The SMILES string of the molecule is C=CCN(CC=C)C(=S)Nc1cc(OC)ccc1OC. The predicted molar refractivity (Wildman–Crippen MR) is 87.7 cm³/mol. The molecular weight excluding hydrogens is 272 g/mol. The van der Waals surface area contributed by atoms with Crippen molar-refractivity contribution < 1.29 is 9.47 Å². The van der Waals surface area contributed by atoms with E-state index in [2.05, 4.69) is 18.5 Å². The van der Waals surface area contributed by atoms with Crippen LogP contribution in [-0.2, 0) is 0 Å². The molecule has 0 heterocycles. The second kappa shape index (κ2) is 8.22. The number of anilines is 1. The van der Waals surface area contributed by atoms with E-state index in [1.807, 2.05) is 23.1 Å². The van der Waals surface area contributed by atoms with E-state index >= 15 is 0 Å². The lowest BCUT2D eigenvalue weighted by Gasteiger charge is -2.24. The fourth-order valence-corrected chi connectivity index (χ4v) is 1.92. The molecule has 20 heavy (non-hydrogen) atoms. The van der Waals surface area contributed by atoms with Crippen LogP contribution in [0, 0.1) is 0 Å². The van der Waals surface area contributed by atoms with Gasteiger partial charge in [-0.25, -0.2) is 0 Å². The zero-order valence-electron chi connectivity index (χ0n) is 11.9. The van der Waals surface area contributed by atoms with E-state index in [4.69, 9.17) is 21.7 Å². The molecule has 0 aliphatic carbocycles. The molecule has 1 aromatic carbocycles. The smallest absolute Gasteiger partial charge is 0.174 e. The van der Waals surface area contributed by atoms with Crippen LogP contribution in [0.3, 0.4) is 0 Å². The van der Waals surface area contributed by atoms with Gasteiger partial charge in [0, 0.05) is 19.2 Å². The number of ether oxygens (including phenoxy) is 2. The maximum Gasteiger partial charge on any atom is 0.174 e. The van der Waals surface area contributed by atoms with Crippen molar-refractivity contribution in [3.63, 3.8) is 0 Å². The maximum absolute atomic E-state index is 5.40. The molecule has 1 rings (SSSR count). The zero-order valence-corrected chi connectivity index (χ0v) is 12.7. The van der Waals surface area contributed by atoms with Gasteiger partial charge in [0.15, 0.2) is 5.11 Å². The van der Waals surface area contributed by atoms with Gasteiger partial charge in [0.25, 0.3) is 0 Å². The van der Waals surface area contributed by atoms with Crippen LogP contribution in [-0.4, -0.2) is 37.3 Å². The molecule has 0 fully saturated rings. The van der Waals surface area contributed by atoms with E-state index in [0.717, 1.165) is 11.4 Å². The minimum atomic E-state index is 0.580. The normalized spacial score (nSPS) is 9.50. The molecule has 0 aliphatic rings. The molecule has 4 nitrogen and oxygen atoms in total. The van der Waals surface area contributed by atoms with Crippen molar-refractivity contribution in [3.05, 3.63) is 43.5 Å². The molecular formula is C15H20N2O2S. The molecule has 0 saturated heterocycles. The Morgan fingerprint density at radius 3 is 2.40 bits per heavy atom. The Morgan fingerprint density at radius 1 is 1.25 bits per heavy atom. The van der Waals surface area contributed by atoms with Crippen LogP contribution in [0.25, 0.3) is 0 Å².